The number of hydrogen-bond donors (Lipinski definition) is 0. The van der Waals surface area contributed by atoms with E-state index in [0.717, 1.165) is 11.1 Å². The molecular formula is C26H24O3. The predicted molar refractivity (Wildman–Crippen MR) is 115 cm³/mol. The van der Waals surface area contributed by atoms with E-state index in [1.165, 1.54) is 5.56 Å². The van der Waals surface area contributed by atoms with Crippen molar-refractivity contribution in [3.05, 3.63) is 101 Å². The first kappa shape index (κ1) is 19.0. The van der Waals surface area contributed by atoms with Gasteiger partial charge < -0.3 is 9.47 Å². The molecule has 1 aliphatic heterocycles. The Kier molecular flexibility index (Phi) is 4.98. The summed E-state index contributed by atoms with van der Waals surface area (Å²) in [5.41, 5.74) is 3.94. The first-order valence-corrected chi connectivity index (χ1v) is 9.76. The molecule has 146 valence electrons. The topological polar surface area (TPSA) is 35.5 Å². The lowest BCUT2D eigenvalue weighted by Crippen LogP contribution is -2.10. The van der Waals surface area contributed by atoms with E-state index in [9.17, 15) is 4.79 Å². The van der Waals surface area contributed by atoms with E-state index in [2.05, 4.69) is 32.9 Å². The molecule has 0 aromatic heterocycles. The number of allylic oxidation sites excluding steroid dienone is 1. The van der Waals surface area contributed by atoms with Crippen molar-refractivity contribution in [3.8, 4) is 11.5 Å². The minimum absolute atomic E-state index is 0.0950. The fourth-order valence-corrected chi connectivity index (χ4v) is 3.23. The highest BCUT2D eigenvalue weighted by atomic mass is 16.5. The van der Waals surface area contributed by atoms with E-state index in [1.54, 1.807) is 18.2 Å². The lowest BCUT2D eigenvalue weighted by atomic mass is 9.86. The van der Waals surface area contributed by atoms with Crippen molar-refractivity contribution >= 4 is 11.9 Å². The smallest absolute Gasteiger partial charge is 0.231 e. The third-order valence-corrected chi connectivity index (χ3v) is 4.96. The van der Waals surface area contributed by atoms with E-state index >= 15 is 0 Å². The zero-order valence-corrected chi connectivity index (χ0v) is 16.9. The van der Waals surface area contributed by atoms with E-state index in [4.69, 9.17) is 9.47 Å². The second kappa shape index (κ2) is 7.59. The van der Waals surface area contributed by atoms with Gasteiger partial charge >= 0.3 is 0 Å². The standard InChI is InChI=1S/C26H24O3/c1-26(2,3)20-11-9-18(10-12-20)15-24-25(27)22-14-13-21(16-23(22)29-24)28-17-19-7-5-4-6-8-19/h4-16H,17H2,1-3H3/b24-15-. The highest BCUT2D eigenvalue weighted by Crippen LogP contribution is 2.35. The maximum atomic E-state index is 12.7. The van der Waals surface area contributed by atoms with Crippen LogP contribution >= 0.6 is 0 Å². The van der Waals surface area contributed by atoms with Gasteiger partial charge in [0.15, 0.2) is 5.76 Å². The number of fused-ring (bicyclic) bond motifs is 1. The Bertz CT molecular complexity index is 1060. The molecule has 3 nitrogen and oxygen atoms in total. The van der Waals surface area contributed by atoms with Gasteiger partial charge in [0, 0.05) is 6.07 Å². The molecule has 3 heteroatoms. The fourth-order valence-electron chi connectivity index (χ4n) is 3.23. The Morgan fingerprint density at radius 1 is 0.931 bits per heavy atom. The fraction of sp³-hybridized carbons (Fsp3) is 0.192. The molecule has 0 fully saturated rings. The summed E-state index contributed by atoms with van der Waals surface area (Å²) in [4.78, 5) is 12.7. The molecule has 3 aromatic carbocycles. The van der Waals surface area contributed by atoms with Gasteiger partial charge in [-0.25, -0.2) is 0 Å². The zero-order valence-electron chi connectivity index (χ0n) is 16.9. The Morgan fingerprint density at radius 3 is 2.34 bits per heavy atom. The van der Waals surface area contributed by atoms with E-state index < -0.39 is 0 Å². The van der Waals surface area contributed by atoms with Gasteiger partial charge in [-0.05, 0) is 40.3 Å². The van der Waals surface area contributed by atoms with Crippen molar-refractivity contribution in [3.63, 3.8) is 0 Å². The van der Waals surface area contributed by atoms with Crippen LogP contribution in [0.5, 0.6) is 11.5 Å². The SMILES string of the molecule is CC(C)(C)c1ccc(/C=C2\Oc3cc(OCc4ccccc4)ccc3C2=O)cc1. The van der Waals surface area contributed by atoms with Crippen LogP contribution in [-0.2, 0) is 12.0 Å². The molecule has 0 saturated carbocycles. The largest absolute Gasteiger partial charge is 0.489 e. The van der Waals surface area contributed by atoms with Gasteiger partial charge in [-0.3, -0.25) is 4.79 Å². The molecule has 29 heavy (non-hydrogen) atoms. The van der Waals surface area contributed by atoms with Gasteiger partial charge in [0.1, 0.15) is 18.1 Å². The highest BCUT2D eigenvalue weighted by molar-refractivity contribution is 6.14. The average Bonchev–Trinajstić information content (AvgIpc) is 3.02. The van der Waals surface area contributed by atoms with Gasteiger partial charge in [-0.15, -0.1) is 0 Å². The van der Waals surface area contributed by atoms with Crippen LogP contribution in [0.4, 0.5) is 0 Å². The molecule has 0 amide bonds. The second-order valence-corrected chi connectivity index (χ2v) is 8.24. The third-order valence-electron chi connectivity index (χ3n) is 4.96. The number of ketones is 1. The average molecular weight is 384 g/mol. The van der Waals surface area contributed by atoms with Crippen LogP contribution in [0.15, 0.2) is 78.6 Å². The molecule has 3 aromatic rings. The number of Topliss-reactive ketones (excluding diaryl/α,β-unsaturated/α-hetero) is 1. The highest BCUT2D eigenvalue weighted by Gasteiger charge is 2.27. The van der Waals surface area contributed by atoms with Gasteiger partial charge in [0.2, 0.25) is 5.78 Å². The number of carbonyl (C=O) groups excluding carboxylic acids is 1. The number of benzene rings is 3. The molecule has 1 aliphatic rings. The van der Waals surface area contributed by atoms with Crippen molar-refractivity contribution < 1.29 is 14.3 Å². The molecule has 0 aliphatic carbocycles. The lowest BCUT2D eigenvalue weighted by Gasteiger charge is -2.18. The van der Waals surface area contributed by atoms with E-state index in [-0.39, 0.29) is 11.2 Å². The minimum atomic E-state index is -0.102. The molecular weight excluding hydrogens is 360 g/mol. The first-order valence-electron chi connectivity index (χ1n) is 9.76. The molecule has 0 spiro atoms. The summed E-state index contributed by atoms with van der Waals surface area (Å²) >= 11 is 0. The molecule has 0 N–H and O–H groups in total. The maximum Gasteiger partial charge on any atom is 0.231 e. The molecule has 0 radical (unpaired) electrons. The van der Waals surface area contributed by atoms with Crippen LogP contribution in [0.25, 0.3) is 6.08 Å². The number of hydrogen-bond acceptors (Lipinski definition) is 3. The molecule has 0 atom stereocenters. The molecule has 1 heterocycles. The summed E-state index contributed by atoms with van der Waals surface area (Å²) in [5.74, 6) is 1.45. The van der Waals surface area contributed by atoms with Crippen LogP contribution in [-0.4, -0.2) is 5.78 Å². The summed E-state index contributed by atoms with van der Waals surface area (Å²) in [6.45, 7) is 7.00. The van der Waals surface area contributed by atoms with E-state index in [0.29, 0.717) is 29.4 Å². The second-order valence-electron chi connectivity index (χ2n) is 8.24. The van der Waals surface area contributed by atoms with Crippen LogP contribution in [0.3, 0.4) is 0 Å². The third kappa shape index (κ3) is 4.24. The van der Waals surface area contributed by atoms with Crippen LogP contribution < -0.4 is 9.47 Å². The van der Waals surface area contributed by atoms with Crippen molar-refractivity contribution in [1.29, 1.82) is 0 Å². The maximum absolute atomic E-state index is 12.7. The molecule has 0 saturated heterocycles. The predicted octanol–water partition coefficient (Wildman–Crippen LogP) is 6.18. The zero-order chi connectivity index (χ0) is 20.4. The Morgan fingerprint density at radius 2 is 1.66 bits per heavy atom. The lowest BCUT2D eigenvalue weighted by molar-refractivity contribution is 0.101. The van der Waals surface area contributed by atoms with Gasteiger partial charge in [-0.2, -0.15) is 0 Å². The minimum Gasteiger partial charge on any atom is -0.489 e. The normalized spacial score (nSPS) is 14.6. The molecule has 0 unspecified atom stereocenters. The summed E-state index contributed by atoms with van der Waals surface area (Å²) < 4.78 is 11.7. The van der Waals surface area contributed by atoms with Crippen molar-refractivity contribution in [2.24, 2.45) is 0 Å². The van der Waals surface area contributed by atoms with E-state index in [1.807, 2.05) is 48.5 Å². The Hall–Kier alpha value is -3.33. The summed E-state index contributed by atoms with van der Waals surface area (Å²) in [5, 5.41) is 0. The number of rotatable bonds is 4. The van der Waals surface area contributed by atoms with Crippen molar-refractivity contribution in [1.82, 2.24) is 0 Å². The van der Waals surface area contributed by atoms with Crippen LogP contribution in [0.1, 0.15) is 47.8 Å². The first-order chi connectivity index (χ1) is 13.9. The van der Waals surface area contributed by atoms with Crippen molar-refractivity contribution in [2.75, 3.05) is 0 Å². The van der Waals surface area contributed by atoms with Gasteiger partial charge in [0.05, 0.1) is 5.56 Å². The Labute approximate surface area is 171 Å². The quantitative estimate of drug-likeness (QED) is 0.504. The van der Waals surface area contributed by atoms with Crippen LogP contribution in [0, 0.1) is 0 Å². The van der Waals surface area contributed by atoms with Gasteiger partial charge in [0.25, 0.3) is 0 Å². The number of ether oxygens (including phenoxy) is 2. The van der Waals surface area contributed by atoms with Crippen molar-refractivity contribution in [2.45, 2.75) is 32.8 Å². The molecule has 0 bridgehead atoms. The summed E-state index contributed by atoms with van der Waals surface area (Å²) in [6.07, 6.45) is 1.79. The summed E-state index contributed by atoms with van der Waals surface area (Å²) in [6, 6.07) is 23.5. The van der Waals surface area contributed by atoms with Crippen LogP contribution in [0.2, 0.25) is 0 Å². The monoisotopic (exact) mass is 384 g/mol. The van der Waals surface area contributed by atoms with Gasteiger partial charge in [-0.1, -0.05) is 75.4 Å². The molecule has 4 rings (SSSR count). The number of carbonyl (C=O) groups is 1. The summed E-state index contributed by atoms with van der Waals surface area (Å²) in [7, 11) is 0. The Balaban J connectivity index is 1.50.